The highest BCUT2D eigenvalue weighted by molar-refractivity contribution is 5.81. The van der Waals surface area contributed by atoms with Crippen LogP contribution in [0, 0.1) is 11.3 Å². The van der Waals surface area contributed by atoms with Gasteiger partial charge in [-0.3, -0.25) is 0 Å². The molecule has 3 rings (SSSR count). The molecule has 5 nitrogen and oxygen atoms in total. The molecule has 28 heavy (non-hydrogen) atoms. The second kappa shape index (κ2) is 9.24. The number of nitriles is 1. The summed E-state index contributed by atoms with van der Waals surface area (Å²) in [7, 11) is 1.35. The minimum Gasteiger partial charge on any atom is -0.489 e. The third-order valence-electron chi connectivity index (χ3n) is 4.20. The van der Waals surface area contributed by atoms with Crippen LogP contribution in [0.4, 0.5) is 5.69 Å². The molecule has 0 fully saturated rings. The molecule has 0 bridgehead atoms. The van der Waals surface area contributed by atoms with Gasteiger partial charge < -0.3 is 14.8 Å². The minimum absolute atomic E-state index is 0.412. The van der Waals surface area contributed by atoms with E-state index in [0.29, 0.717) is 23.6 Å². The highest BCUT2D eigenvalue weighted by atomic mass is 16.5. The molecule has 1 unspecified atom stereocenters. The van der Waals surface area contributed by atoms with E-state index in [1.165, 1.54) is 7.11 Å². The van der Waals surface area contributed by atoms with Gasteiger partial charge in [-0.15, -0.1) is 0 Å². The Bertz CT molecular complexity index is 963. The van der Waals surface area contributed by atoms with Crippen LogP contribution < -0.4 is 10.1 Å². The minimum atomic E-state index is -0.696. The Morgan fingerprint density at radius 1 is 1.04 bits per heavy atom. The van der Waals surface area contributed by atoms with E-state index in [1.807, 2.05) is 54.6 Å². The summed E-state index contributed by atoms with van der Waals surface area (Å²) in [6, 6.07) is 25.5. The fourth-order valence-corrected chi connectivity index (χ4v) is 2.73. The second-order valence-electron chi connectivity index (χ2n) is 6.14. The zero-order valence-electron chi connectivity index (χ0n) is 15.5. The third-order valence-corrected chi connectivity index (χ3v) is 4.20. The van der Waals surface area contributed by atoms with Gasteiger partial charge in [0, 0.05) is 5.69 Å². The Kier molecular flexibility index (Phi) is 6.27. The van der Waals surface area contributed by atoms with Crippen molar-refractivity contribution in [1.29, 1.82) is 5.26 Å². The van der Waals surface area contributed by atoms with Crippen molar-refractivity contribution in [3.63, 3.8) is 0 Å². The summed E-state index contributed by atoms with van der Waals surface area (Å²) in [5, 5.41) is 12.1. The van der Waals surface area contributed by atoms with Crippen molar-refractivity contribution < 1.29 is 14.3 Å². The Hall–Kier alpha value is -3.78. The fraction of sp³-hybridized carbons (Fsp3) is 0.130. The smallest absolute Gasteiger partial charge is 0.332 e. The molecule has 0 aliphatic rings. The van der Waals surface area contributed by atoms with Crippen LogP contribution >= 0.6 is 0 Å². The van der Waals surface area contributed by atoms with E-state index in [4.69, 9.17) is 14.7 Å². The standard InChI is InChI=1S/C23H20N2O3/c1-27-23(26)22(25-20-12-10-17(15-24)11-13-20)19-8-5-9-21(14-19)28-16-18-6-3-2-4-7-18/h2-14,22,25H,16H2,1H3. The van der Waals surface area contributed by atoms with Crippen LogP contribution in [0.2, 0.25) is 0 Å². The van der Waals surface area contributed by atoms with Crippen LogP contribution in [0.15, 0.2) is 78.9 Å². The number of carbonyl (C=O) groups is 1. The molecule has 0 aliphatic carbocycles. The first-order chi connectivity index (χ1) is 13.7. The predicted octanol–water partition coefficient (Wildman–Crippen LogP) is 4.46. The fourth-order valence-electron chi connectivity index (χ4n) is 2.73. The van der Waals surface area contributed by atoms with Gasteiger partial charge in [-0.2, -0.15) is 5.26 Å². The first-order valence-electron chi connectivity index (χ1n) is 8.81. The molecular weight excluding hydrogens is 352 g/mol. The lowest BCUT2D eigenvalue weighted by Gasteiger charge is -2.19. The first kappa shape index (κ1) is 19.0. The predicted molar refractivity (Wildman–Crippen MR) is 107 cm³/mol. The van der Waals surface area contributed by atoms with Gasteiger partial charge in [-0.05, 0) is 47.5 Å². The number of ether oxygens (including phenoxy) is 2. The summed E-state index contributed by atoms with van der Waals surface area (Å²) in [5.74, 6) is 0.251. The van der Waals surface area contributed by atoms with Crippen molar-refractivity contribution in [3.8, 4) is 11.8 Å². The quantitative estimate of drug-likeness (QED) is 0.620. The van der Waals surface area contributed by atoms with E-state index in [2.05, 4.69) is 11.4 Å². The molecule has 0 spiro atoms. The van der Waals surface area contributed by atoms with Crippen molar-refractivity contribution >= 4 is 11.7 Å². The van der Waals surface area contributed by atoms with E-state index in [0.717, 1.165) is 11.1 Å². The van der Waals surface area contributed by atoms with Crippen LogP contribution in [0.25, 0.3) is 0 Å². The van der Waals surface area contributed by atoms with E-state index in [-0.39, 0.29) is 0 Å². The van der Waals surface area contributed by atoms with Gasteiger partial charge in [0.15, 0.2) is 6.04 Å². The lowest BCUT2D eigenvalue weighted by atomic mass is 10.1. The van der Waals surface area contributed by atoms with Gasteiger partial charge in [0.05, 0.1) is 18.7 Å². The molecule has 0 saturated heterocycles. The summed E-state index contributed by atoms with van der Waals surface area (Å²) in [6.07, 6.45) is 0. The summed E-state index contributed by atoms with van der Waals surface area (Å²) in [4.78, 5) is 12.4. The molecule has 0 saturated carbocycles. The number of methoxy groups -OCH3 is 1. The maximum absolute atomic E-state index is 12.4. The third kappa shape index (κ3) is 4.89. The molecule has 3 aromatic rings. The lowest BCUT2D eigenvalue weighted by molar-refractivity contribution is -0.141. The van der Waals surface area contributed by atoms with Gasteiger partial charge in [-0.1, -0.05) is 42.5 Å². The summed E-state index contributed by atoms with van der Waals surface area (Å²) in [6.45, 7) is 0.441. The van der Waals surface area contributed by atoms with E-state index < -0.39 is 12.0 Å². The number of benzene rings is 3. The molecular formula is C23H20N2O3. The Balaban J connectivity index is 1.78. The number of anilines is 1. The highest BCUT2D eigenvalue weighted by Crippen LogP contribution is 2.25. The number of carbonyl (C=O) groups excluding carboxylic acids is 1. The van der Waals surface area contributed by atoms with E-state index in [1.54, 1.807) is 24.3 Å². The summed E-state index contributed by atoms with van der Waals surface area (Å²) >= 11 is 0. The number of hydrogen-bond donors (Lipinski definition) is 1. The molecule has 5 heteroatoms. The monoisotopic (exact) mass is 372 g/mol. The van der Waals surface area contributed by atoms with Crippen LogP contribution in [0.1, 0.15) is 22.7 Å². The van der Waals surface area contributed by atoms with Gasteiger partial charge >= 0.3 is 5.97 Å². The zero-order chi connectivity index (χ0) is 19.8. The average molecular weight is 372 g/mol. The maximum atomic E-state index is 12.4. The second-order valence-corrected chi connectivity index (χ2v) is 6.14. The largest absolute Gasteiger partial charge is 0.489 e. The Morgan fingerprint density at radius 3 is 2.46 bits per heavy atom. The lowest BCUT2D eigenvalue weighted by Crippen LogP contribution is -2.22. The molecule has 0 aromatic heterocycles. The molecule has 1 atom stereocenters. The van der Waals surface area contributed by atoms with Crippen molar-refractivity contribution in [1.82, 2.24) is 0 Å². The molecule has 0 radical (unpaired) electrons. The number of hydrogen-bond acceptors (Lipinski definition) is 5. The van der Waals surface area contributed by atoms with Crippen molar-refractivity contribution in [2.24, 2.45) is 0 Å². The maximum Gasteiger partial charge on any atom is 0.332 e. The van der Waals surface area contributed by atoms with Gasteiger partial charge in [0.25, 0.3) is 0 Å². The molecule has 0 amide bonds. The zero-order valence-corrected chi connectivity index (χ0v) is 15.5. The van der Waals surface area contributed by atoms with Gasteiger partial charge in [0.2, 0.25) is 0 Å². The van der Waals surface area contributed by atoms with Crippen molar-refractivity contribution in [2.45, 2.75) is 12.6 Å². The Labute approximate surface area is 164 Å². The molecule has 1 N–H and O–H groups in total. The molecule has 0 aliphatic heterocycles. The van der Waals surface area contributed by atoms with Gasteiger partial charge in [-0.25, -0.2) is 4.79 Å². The van der Waals surface area contributed by atoms with E-state index in [9.17, 15) is 4.79 Å². The average Bonchev–Trinajstić information content (AvgIpc) is 2.77. The molecule has 3 aromatic carbocycles. The first-order valence-corrected chi connectivity index (χ1v) is 8.81. The summed E-state index contributed by atoms with van der Waals surface area (Å²) in [5.41, 5.74) is 3.05. The molecule has 140 valence electrons. The number of nitrogens with one attached hydrogen (secondary N) is 1. The van der Waals surface area contributed by atoms with Crippen LogP contribution in [0.3, 0.4) is 0 Å². The van der Waals surface area contributed by atoms with Gasteiger partial charge in [0.1, 0.15) is 12.4 Å². The van der Waals surface area contributed by atoms with Crippen LogP contribution in [0.5, 0.6) is 5.75 Å². The summed E-state index contributed by atoms with van der Waals surface area (Å²) < 4.78 is 10.8. The number of esters is 1. The number of nitrogens with zero attached hydrogens (tertiary/aromatic N) is 1. The topological polar surface area (TPSA) is 71.3 Å². The SMILES string of the molecule is COC(=O)C(Nc1ccc(C#N)cc1)c1cccc(OCc2ccccc2)c1. The van der Waals surface area contributed by atoms with Crippen LogP contribution in [-0.2, 0) is 16.1 Å². The Morgan fingerprint density at radius 2 is 1.79 bits per heavy atom. The highest BCUT2D eigenvalue weighted by Gasteiger charge is 2.22. The normalized spacial score (nSPS) is 11.1. The molecule has 0 heterocycles. The number of rotatable bonds is 7. The van der Waals surface area contributed by atoms with E-state index >= 15 is 0 Å². The van der Waals surface area contributed by atoms with Crippen molar-refractivity contribution in [3.05, 3.63) is 95.6 Å². The van der Waals surface area contributed by atoms with Crippen LogP contribution in [-0.4, -0.2) is 13.1 Å². The van der Waals surface area contributed by atoms with Crippen molar-refractivity contribution in [2.75, 3.05) is 12.4 Å².